The molecular weight excluding hydrogens is 472 g/mol. The Morgan fingerprint density at radius 1 is 0.688 bits per heavy atom. The van der Waals surface area contributed by atoms with E-state index in [1.807, 2.05) is 60.7 Å². The van der Waals surface area contributed by atoms with Gasteiger partial charge in [0.25, 0.3) is 0 Å². The van der Waals surface area contributed by atoms with Gasteiger partial charge in [-0.05, 0) is 40.2 Å². The molecule has 4 rings (SSSR count). The molecule has 0 atom stereocenters. The summed E-state index contributed by atoms with van der Waals surface area (Å²) in [5, 5.41) is 0. The van der Waals surface area contributed by atoms with Gasteiger partial charge in [-0.1, -0.05) is 30.3 Å². The molecular formula is C25H23BrN2O4. The number of imidazole rings is 1. The van der Waals surface area contributed by atoms with Gasteiger partial charge in [-0.2, -0.15) is 0 Å². The third kappa shape index (κ3) is 4.03. The molecule has 1 aromatic heterocycles. The molecule has 6 nitrogen and oxygen atoms in total. The quantitative estimate of drug-likeness (QED) is 0.330. The molecule has 0 unspecified atom stereocenters. The van der Waals surface area contributed by atoms with Gasteiger partial charge in [-0.15, -0.1) is 0 Å². The summed E-state index contributed by atoms with van der Waals surface area (Å²) in [7, 11) is 6.49. The average Bonchev–Trinajstić information content (AvgIpc) is 3.29. The van der Waals surface area contributed by atoms with Crippen molar-refractivity contribution in [2.45, 2.75) is 0 Å². The van der Waals surface area contributed by atoms with Gasteiger partial charge < -0.3 is 23.9 Å². The number of halogens is 1. The van der Waals surface area contributed by atoms with Crippen molar-refractivity contribution in [2.24, 2.45) is 0 Å². The maximum atomic E-state index is 5.63. The lowest BCUT2D eigenvalue weighted by atomic mass is 10.0. The second-order valence-corrected chi connectivity index (χ2v) is 7.79. The van der Waals surface area contributed by atoms with Gasteiger partial charge in [0, 0.05) is 17.2 Å². The van der Waals surface area contributed by atoms with Crippen LogP contribution in [0.5, 0.6) is 23.0 Å². The molecule has 7 heteroatoms. The molecule has 4 aromatic rings. The Bertz CT molecular complexity index is 1240. The van der Waals surface area contributed by atoms with Gasteiger partial charge in [-0.3, -0.25) is 0 Å². The molecule has 164 valence electrons. The Morgan fingerprint density at radius 3 is 2.03 bits per heavy atom. The highest BCUT2D eigenvalue weighted by atomic mass is 79.9. The van der Waals surface area contributed by atoms with E-state index in [1.54, 1.807) is 28.4 Å². The highest BCUT2D eigenvalue weighted by Crippen LogP contribution is 2.41. The monoisotopic (exact) mass is 494 g/mol. The number of benzene rings is 3. The lowest BCUT2D eigenvalue weighted by Crippen LogP contribution is -1.93. The van der Waals surface area contributed by atoms with E-state index in [-0.39, 0.29) is 0 Å². The second-order valence-electron chi connectivity index (χ2n) is 6.93. The zero-order valence-corrected chi connectivity index (χ0v) is 19.8. The van der Waals surface area contributed by atoms with Crippen LogP contribution in [0, 0.1) is 0 Å². The Morgan fingerprint density at radius 2 is 1.38 bits per heavy atom. The summed E-state index contributed by atoms with van der Waals surface area (Å²) in [6.45, 7) is 0. The van der Waals surface area contributed by atoms with Crippen molar-refractivity contribution in [1.82, 2.24) is 9.97 Å². The Hall–Kier alpha value is -3.45. The van der Waals surface area contributed by atoms with Crippen LogP contribution < -0.4 is 18.9 Å². The minimum atomic E-state index is 0.637. The van der Waals surface area contributed by atoms with Crippen LogP contribution in [-0.2, 0) is 0 Å². The molecule has 0 fully saturated rings. The van der Waals surface area contributed by atoms with Crippen LogP contribution in [0.1, 0.15) is 0 Å². The van der Waals surface area contributed by atoms with Gasteiger partial charge in [0.15, 0.2) is 11.5 Å². The molecule has 1 heterocycles. The topological polar surface area (TPSA) is 65.6 Å². The Kier molecular flexibility index (Phi) is 6.37. The lowest BCUT2D eigenvalue weighted by Gasteiger charge is -2.10. The van der Waals surface area contributed by atoms with Gasteiger partial charge in [-0.25, -0.2) is 4.98 Å². The molecule has 0 aliphatic heterocycles. The van der Waals surface area contributed by atoms with Crippen LogP contribution in [0.4, 0.5) is 0 Å². The van der Waals surface area contributed by atoms with Crippen LogP contribution in [0.2, 0.25) is 0 Å². The number of hydrogen-bond donors (Lipinski definition) is 1. The summed E-state index contributed by atoms with van der Waals surface area (Å²) in [5.74, 6) is 3.30. The summed E-state index contributed by atoms with van der Waals surface area (Å²) in [6.07, 6.45) is 0. The Balaban J connectivity index is 1.93. The van der Waals surface area contributed by atoms with E-state index in [9.17, 15) is 0 Å². The first-order valence-electron chi connectivity index (χ1n) is 9.89. The van der Waals surface area contributed by atoms with Gasteiger partial charge >= 0.3 is 0 Å². The van der Waals surface area contributed by atoms with Crippen molar-refractivity contribution in [3.63, 3.8) is 0 Å². The highest BCUT2D eigenvalue weighted by Gasteiger charge is 2.20. The molecule has 1 N–H and O–H groups in total. The number of H-pyrrole nitrogens is 1. The molecule has 0 radical (unpaired) electrons. The normalized spacial score (nSPS) is 10.7. The van der Waals surface area contributed by atoms with Gasteiger partial charge in [0.2, 0.25) is 0 Å². The zero-order chi connectivity index (χ0) is 22.7. The SMILES string of the molecule is COc1cc(OC)c(-c2nc(-c3ccc(OC)c(OC)c3)c(-c3ccccc3)[nH]2)cc1Br. The maximum Gasteiger partial charge on any atom is 0.161 e. The van der Waals surface area contributed by atoms with Crippen molar-refractivity contribution < 1.29 is 18.9 Å². The van der Waals surface area contributed by atoms with Crippen LogP contribution >= 0.6 is 15.9 Å². The summed E-state index contributed by atoms with van der Waals surface area (Å²) in [4.78, 5) is 8.46. The van der Waals surface area contributed by atoms with E-state index in [4.69, 9.17) is 23.9 Å². The minimum Gasteiger partial charge on any atom is -0.496 e. The van der Waals surface area contributed by atoms with Crippen LogP contribution in [0.25, 0.3) is 33.9 Å². The smallest absolute Gasteiger partial charge is 0.161 e. The maximum absolute atomic E-state index is 5.63. The van der Waals surface area contributed by atoms with Crippen LogP contribution in [0.15, 0.2) is 65.1 Å². The summed E-state index contributed by atoms with van der Waals surface area (Å²) >= 11 is 3.57. The first-order valence-corrected chi connectivity index (χ1v) is 10.7. The first kappa shape index (κ1) is 21.8. The van der Waals surface area contributed by atoms with E-state index in [0.29, 0.717) is 28.8 Å². The molecule has 0 aliphatic rings. The number of nitrogens with one attached hydrogen (secondary N) is 1. The molecule has 0 saturated carbocycles. The van der Waals surface area contributed by atoms with Crippen molar-refractivity contribution in [3.05, 3.63) is 65.1 Å². The standard InChI is InChI=1S/C25H23BrN2O4/c1-29-19-11-10-16(12-22(19)32-4)24-23(15-8-6-5-7-9-15)27-25(28-24)17-13-18(26)21(31-3)14-20(17)30-2/h5-14H,1-4H3,(H,27,28). The fraction of sp³-hybridized carbons (Fsp3) is 0.160. The van der Waals surface area contributed by atoms with Crippen LogP contribution in [-0.4, -0.2) is 38.4 Å². The predicted molar refractivity (Wildman–Crippen MR) is 129 cm³/mol. The van der Waals surface area contributed by atoms with Gasteiger partial charge in [0.05, 0.1) is 49.9 Å². The number of methoxy groups -OCH3 is 4. The highest BCUT2D eigenvalue weighted by molar-refractivity contribution is 9.10. The van der Waals surface area contributed by atoms with Crippen molar-refractivity contribution in [1.29, 1.82) is 0 Å². The molecule has 0 aliphatic carbocycles. The zero-order valence-electron chi connectivity index (χ0n) is 18.2. The van der Waals surface area contributed by atoms with E-state index < -0.39 is 0 Å². The van der Waals surface area contributed by atoms with Crippen molar-refractivity contribution >= 4 is 15.9 Å². The minimum absolute atomic E-state index is 0.637. The largest absolute Gasteiger partial charge is 0.496 e. The summed E-state index contributed by atoms with van der Waals surface area (Å²) in [5.41, 5.74) is 4.41. The van der Waals surface area contributed by atoms with Crippen molar-refractivity contribution in [3.8, 4) is 56.9 Å². The molecule has 0 amide bonds. The number of nitrogens with zero attached hydrogens (tertiary/aromatic N) is 1. The summed E-state index contributed by atoms with van der Waals surface area (Å²) < 4.78 is 22.7. The fourth-order valence-corrected chi connectivity index (χ4v) is 4.06. The second kappa shape index (κ2) is 9.36. The number of rotatable bonds is 7. The number of aromatic amines is 1. The third-order valence-electron chi connectivity index (χ3n) is 5.15. The average molecular weight is 495 g/mol. The molecule has 0 saturated heterocycles. The molecule has 32 heavy (non-hydrogen) atoms. The number of aromatic nitrogens is 2. The molecule has 3 aromatic carbocycles. The number of ether oxygens (including phenoxy) is 4. The van der Waals surface area contributed by atoms with Gasteiger partial charge in [0.1, 0.15) is 17.3 Å². The predicted octanol–water partition coefficient (Wildman–Crippen LogP) is 6.21. The summed E-state index contributed by atoms with van der Waals surface area (Å²) in [6, 6.07) is 19.6. The van der Waals surface area contributed by atoms with E-state index >= 15 is 0 Å². The van der Waals surface area contributed by atoms with E-state index in [2.05, 4.69) is 20.9 Å². The fourth-order valence-electron chi connectivity index (χ4n) is 3.55. The number of hydrogen-bond acceptors (Lipinski definition) is 5. The molecule has 0 bridgehead atoms. The van der Waals surface area contributed by atoms with Crippen molar-refractivity contribution in [2.75, 3.05) is 28.4 Å². The Labute approximate surface area is 195 Å². The van der Waals surface area contributed by atoms with E-state index in [0.717, 1.165) is 32.6 Å². The molecule has 0 spiro atoms. The van der Waals surface area contributed by atoms with E-state index in [1.165, 1.54) is 0 Å². The lowest BCUT2D eigenvalue weighted by molar-refractivity contribution is 0.355. The van der Waals surface area contributed by atoms with Crippen LogP contribution in [0.3, 0.4) is 0 Å². The third-order valence-corrected chi connectivity index (χ3v) is 5.77. The first-order chi connectivity index (χ1) is 15.6.